The molecule has 0 bridgehead atoms. The lowest BCUT2D eigenvalue weighted by Gasteiger charge is -2.29. The van der Waals surface area contributed by atoms with Gasteiger partial charge < -0.3 is 14.0 Å². The molecule has 8 nitrogen and oxygen atoms in total. The quantitative estimate of drug-likeness (QED) is 0.108. The van der Waals surface area contributed by atoms with Gasteiger partial charge in [0.2, 0.25) is 0 Å². The third kappa shape index (κ3) is 6.89. The molecule has 10 heteroatoms. The van der Waals surface area contributed by atoms with E-state index in [0.717, 1.165) is 5.56 Å². The Labute approximate surface area is 257 Å². The molecule has 1 fully saturated rings. The Morgan fingerprint density at radius 3 is 2.07 bits per heavy atom. The predicted molar refractivity (Wildman–Crippen MR) is 168 cm³/mol. The minimum absolute atomic E-state index is 0.0349. The van der Waals surface area contributed by atoms with Gasteiger partial charge in [0, 0.05) is 10.5 Å². The number of amides is 2. The summed E-state index contributed by atoms with van der Waals surface area (Å²) in [6, 6.07) is 27.6. The lowest BCUT2D eigenvalue weighted by Crippen LogP contribution is -2.54. The fraction of sp³-hybridized carbons (Fsp3) is 0.121. The van der Waals surface area contributed by atoms with Gasteiger partial charge in [-0.15, -0.1) is 0 Å². The first-order valence-electron chi connectivity index (χ1n) is 13.3. The molecule has 43 heavy (non-hydrogen) atoms. The van der Waals surface area contributed by atoms with Crippen LogP contribution in [-0.2, 0) is 26.1 Å². The number of carbonyl (C=O) groups excluding carboxylic acids is 2. The molecule has 0 radical (unpaired) electrons. The van der Waals surface area contributed by atoms with E-state index in [1.807, 2.05) is 42.5 Å². The molecule has 1 atom stereocenters. The van der Waals surface area contributed by atoms with E-state index >= 15 is 0 Å². The number of para-hydroxylation sites is 1. The highest BCUT2D eigenvalue weighted by Crippen LogP contribution is 2.33. The molecule has 0 aromatic heterocycles. The normalized spacial score (nSPS) is 15.3. The maximum absolute atomic E-state index is 13.7. The van der Waals surface area contributed by atoms with Gasteiger partial charge in [-0.3, -0.25) is 24.0 Å². The van der Waals surface area contributed by atoms with E-state index in [4.69, 9.17) is 21.7 Å². The maximum Gasteiger partial charge on any atom is 0.270 e. The molecule has 1 aliphatic rings. The summed E-state index contributed by atoms with van der Waals surface area (Å²) in [5.74, 6) is 0.562. The number of carbonyl (C=O) groups is 2. The predicted octanol–water partition coefficient (Wildman–Crippen LogP) is 6.64. The van der Waals surface area contributed by atoms with Crippen molar-refractivity contribution >= 4 is 52.0 Å². The zero-order chi connectivity index (χ0) is 30.7. The Morgan fingerprint density at radius 2 is 1.44 bits per heavy atom. The molecule has 1 aliphatic heterocycles. The first-order valence-corrected chi connectivity index (χ1v) is 14.7. The number of anilines is 1. The highest BCUT2D eigenvalue weighted by atomic mass is 32.2. The van der Waals surface area contributed by atoms with Crippen molar-refractivity contribution in [3.8, 4) is 23.0 Å². The molecule has 1 saturated heterocycles. The van der Waals surface area contributed by atoms with Gasteiger partial charge in [-0.2, -0.15) is 0 Å². The largest absolute Gasteiger partial charge is 0.768 e. The van der Waals surface area contributed by atoms with Gasteiger partial charge in [0.15, 0.2) is 5.11 Å². The van der Waals surface area contributed by atoms with Gasteiger partial charge in [0.25, 0.3) is 11.8 Å². The number of thiocarbonyl (C=S) groups is 1. The second-order valence-corrected chi connectivity index (χ2v) is 12.0. The van der Waals surface area contributed by atoms with Crippen LogP contribution in [0.5, 0.6) is 23.0 Å². The molecule has 0 aliphatic carbocycles. The van der Waals surface area contributed by atoms with Gasteiger partial charge in [-0.1, -0.05) is 51.1 Å². The average Bonchev–Trinajstić information content (AvgIpc) is 2.97. The molecule has 1 heterocycles. The first kappa shape index (κ1) is 29.8. The fourth-order valence-corrected chi connectivity index (χ4v) is 5.00. The first-order chi connectivity index (χ1) is 20.5. The van der Waals surface area contributed by atoms with Crippen LogP contribution < -0.4 is 19.7 Å². The summed E-state index contributed by atoms with van der Waals surface area (Å²) in [5.41, 5.74) is 1.44. The summed E-state index contributed by atoms with van der Waals surface area (Å²) >= 11 is 2.78. The maximum atomic E-state index is 13.7. The Hall–Kier alpha value is -4.64. The van der Waals surface area contributed by atoms with Gasteiger partial charge >= 0.3 is 0 Å². The van der Waals surface area contributed by atoms with Crippen LogP contribution in [0.25, 0.3) is 6.08 Å². The van der Waals surface area contributed by atoms with Crippen LogP contribution in [0.2, 0.25) is 0 Å². The van der Waals surface area contributed by atoms with Crippen molar-refractivity contribution in [3.63, 3.8) is 0 Å². The van der Waals surface area contributed by atoms with E-state index in [1.54, 1.807) is 36.4 Å². The Kier molecular flexibility index (Phi) is 8.54. The second-order valence-electron chi connectivity index (χ2n) is 10.7. The summed E-state index contributed by atoms with van der Waals surface area (Å²) in [4.78, 5) is 27.8. The van der Waals surface area contributed by atoms with Crippen molar-refractivity contribution in [2.24, 2.45) is 0 Å². The van der Waals surface area contributed by atoms with Gasteiger partial charge in [0.05, 0.1) is 5.69 Å². The number of nitrogens with one attached hydrogen (secondary N) is 1. The molecule has 1 unspecified atom stereocenters. The zero-order valence-corrected chi connectivity index (χ0v) is 25.2. The van der Waals surface area contributed by atoms with Crippen molar-refractivity contribution in [2.45, 2.75) is 31.1 Å². The van der Waals surface area contributed by atoms with Gasteiger partial charge in [-0.25, -0.2) is 0 Å². The highest BCUT2D eigenvalue weighted by Gasteiger charge is 2.34. The van der Waals surface area contributed by atoms with Crippen LogP contribution in [0.1, 0.15) is 31.9 Å². The summed E-state index contributed by atoms with van der Waals surface area (Å²) in [7, 11) is 0. The number of hydrogen-bond donors (Lipinski definition) is 1. The Balaban J connectivity index is 1.46. The van der Waals surface area contributed by atoms with Crippen molar-refractivity contribution in [3.05, 3.63) is 114 Å². The van der Waals surface area contributed by atoms with Crippen molar-refractivity contribution < 1.29 is 27.8 Å². The van der Waals surface area contributed by atoms with Crippen molar-refractivity contribution in [2.75, 3.05) is 4.90 Å². The minimum Gasteiger partial charge on any atom is -0.768 e. The van der Waals surface area contributed by atoms with E-state index in [2.05, 4.69) is 26.1 Å². The van der Waals surface area contributed by atoms with Crippen molar-refractivity contribution in [1.82, 2.24) is 5.32 Å². The molecular weight excluding hydrogens is 585 g/mol. The molecule has 4 aromatic rings. The van der Waals surface area contributed by atoms with E-state index in [9.17, 15) is 18.4 Å². The molecular formula is C33H27N2O6S2-. The fourth-order valence-electron chi connectivity index (χ4n) is 4.32. The van der Waals surface area contributed by atoms with E-state index < -0.39 is 22.9 Å². The molecule has 0 spiro atoms. The smallest absolute Gasteiger partial charge is 0.270 e. The lowest BCUT2D eigenvalue weighted by atomic mass is 9.87. The minimum atomic E-state index is -2.55. The van der Waals surface area contributed by atoms with Crippen LogP contribution in [0.15, 0.2) is 108 Å². The molecule has 218 valence electrons. The van der Waals surface area contributed by atoms with Crippen LogP contribution in [0.3, 0.4) is 0 Å². The molecule has 1 N–H and O–H groups in total. The highest BCUT2D eigenvalue weighted by molar-refractivity contribution is 7.80. The van der Waals surface area contributed by atoms with Gasteiger partial charge in [0.1, 0.15) is 28.6 Å². The monoisotopic (exact) mass is 611 g/mol. The summed E-state index contributed by atoms with van der Waals surface area (Å²) in [6.07, 6.45) is 1.30. The van der Waals surface area contributed by atoms with Crippen LogP contribution in [-0.4, -0.2) is 25.7 Å². The van der Waals surface area contributed by atoms with E-state index in [1.165, 1.54) is 29.2 Å². The molecule has 0 saturated carbocycles. The van der Waals surface area contributed by atoms with E-state index in [0.29, 0.717) is 22.9 Å². The molecule has 4 aromatic carbocycles. The summed E-state index contributed by atoms with van der Waals surface area (Å²) in [5, 5.41) is 2.46. The number of benzene rings is 4. The number of ether oxygens (including phenoxy) is 2. The second kappa shape index (κ2) is 12.3. The zero-order valence-electron chi connectivity index (χ0n) is 23.5. The molecule has 2 amide bonds. The summed E-state index contributed by atoms with van der Waals surface area (Å²) < 4.78 is 35.4. The lowest BCUT2D eigenvalue weighted by molar-refractivity contribution is -0.122. The van der Waals surface area contributed by atoms with Crippen molar-refractivity contribution in [1.29, 1.82) is 0 Å². The Morgan fingerprint density at radius 1 is 0.837 bits per heavy atom. The topological polar surface area (TPSA) is 108 Å². The third-order valence-corrected chi connectivity index (χ3v) is 7.52. The van der Waals surface area contributed by atoms with Crippen LogP contribution >= 0.6 is 12.2 Å². The number of nitrogens with zero attached hydrogens (tertiary/aromatic N) is 1. The number of rotatable bonds is 7. The Bertz CT molecular complexity index is 1750. The average molecular weight is 612 g/mol. The van der Waals surface area contributed by atoms with Crippen LogP contribution in [0, 0.1) is 0 Å². The SMILES string of the molecule is CC(C)(C)c1ccc(Oc2ccc(S(=O)[O-])cc2/C=C2\C(=O)NC(=S)N(c3ccc(Oc4ccccc4)cc3)C2=O)cc1. The van der Waals surface area contributed by atoms with Crippen LogP contribution in [0.4, 0.5) is 5.69 Å². The standard InChI is InChI=1S/C33H28N2O6S2/c1-33(2,3)22-9-13-26(14-10-22)41-29-18-17-27(43(38)39)19-21(29)20-28-30(36)34-32(42)35(31(28)37)23-11-15-25(16-12-23)40-24-7-5-4-6-8-24/h4-20H,1-3H3,(H,38,39)(H,34,36,42)/p-1/b28-20+. The third-order valence-electron chi connectivity index (χ3n) is 6.60. The van der Waals surface area contributed by atoms with E-state index in [-0.39, 0.29) is 32.3 Å². The van der Waals surface area contributed by atoms with Gasteiger partial charge in [-0.05, 0) is 107 Å². The summed E-state index contributed by atoms with van der Waals surface area (Å²) in [6.45, 7) is 6.30. The molecule has 5 rings (SSSR count). The number of hydrogen-bond acceptors (Lipinski definition) is 7.